The number of anilines is 1. The summed E-state index contributed by atoms with van der Waals surface area (Å²) in [6.07, 6.45) is 0.587. The summed E-state index contributed by atoms with van der Waals surface area (Å²) in [4.78, 5) is 24.7. The number of benzene rings is 2. The van der Waals surface area contributed by atoms with Gasteiger partial charge in [-0.25, -0.2) is 9.97 Å². The molecule has 1 aliphatic heterocycles. The van der Waals surface area contributed by atoms with Crippen LogP contribution in [0.1, 0.15) is 65.4 Å². The number of aromatic nitrogens is 3. The number of carbonyl (C=O) groups excluding carboxylic acids is 1. The Morgan fingerprint density at radius 1 is 1.10 bits per heavy atom. The number of nitrogens with one attached hydrogen (secondary N) is 2. The molecule has 264 valence electrons. The fourth-order valence-corrected chi connectivity index (χ4v) is 9.74. The Labute approximate surface area is 297 Å². The Hall–Kier alpha value is -4.51. The largest absolute Gasteiger partial charge is 0.393 e. The summed E-state index contributed by atoms with van der Waals surface area (Å²) in [5, 5.41) is 18.5. The van der Waals surface area contributed by atoms with Crippen LogP contribution in [-0.4, -0.2) is 56.2 Å². The Morgan fingerprint density at radius 2 is 1.84 bits per heavy atom. The molecule has 4 aliphatic rings. The zero-order chi connectivity index (χ0) is 35.5. The number of carbonyl (C=O) groups is 1. The number of piperidine rings is 1. The smallest absolute Gasteiger partial charge is 0.367 e. The van der Waals surface area contributed by atoms with Crippen LogP contribution in [0.25, 0.3) is 21.1 Å². The molecule has 2 bridgehead atoms. The molecule has 4 heterocycles. The summed E-state index contributed by atoms with van der Waals surface area (Å²) in [6.45, 7) is 5.41. The molecule has 13 heteroatoms. The molecular weight excluding hydrogens is 674 g/mol. The third-order valence-corrected chi connectivity index (χ3v) is 12.2. The van der Waals surface area contributed by atoms with Crippen molar-refractivity contribution in [3.05, 3.63) is 88.2 Å². The third-order valence-electron chi connectivity index (χ3n) is 11.1. The van der Waals surface area contributed by atoms with E-state index >= 15 is 0 Å². The highest BCUT2D eigenvalue weighted by Crippen LogP contribution is 2.68. The zero-order valence-electron chi connectivity index (χ0n) is 28.3. The molecular formula is C38H39F3N8OS. The normalized spacial score (nSPS) is 22.7. The van der Waals surface area contributed by atoms with E-state index in [1.165, 1.54) is 17.5 Å². The van der Waals surface area contributed by atoms with Gasteiger partial charge >= 0.3 is 6.18 Å². The second-order valence-corrected chi connectivity index (χ2v) is 16.0. The van der Waals surface area contributed by atoms with E-state index in [1.807, 2.05) is 36.4 Å². The monoisotopic (exact) mass is 712 g/mol. The summed E-state index contributed by atoms with van der Waals surface area (Å²) in [5.74, 6) is 0.447. The number of hydrogen-bond acceptors (Lipinski definition) is 8. The quantitative estimate of drug-likeness (QED) is 0.146. The van der Waals surface area contributed by atoms with Gasteiger partial charge in [-0.15, -0.1) is 11.3 Å². The number of halogens is 3. The van der Waals surface area contributed by atoms with Crippen LogP contribution in [0.15, 0.2) is 60.9 Å². The maximum atomic E-state index is 13.0. The lowest BCUT2D eigenvalue weighted by Gasteiger charge is -2.71. The van der Waals surface area contributed by atoms with Gasteiger partial charge in [-0.1, -0.05) is 36.4 Å². The highest BCUT2D eigenvalue weighted by molar-refractivity contribution is 7.18. The number of amides is 1. The van der Waals surface area contributed by atoms with Crippen LogP contribution in [-0.2, 0) is 24.3 Å². The predicted molar refractivity (Wildman–Crippen MR) is 191 cm³/mol. The third kappa shape index (κ3) is 6.45. The van der Waals surface area contributed by atoms with Crippen LogP contribution in [0.3, 0.4) is 0 Å². The number of nitriles is 1. The minimum Gasteiger partial charge on any atom is -0.367 e. The summed E-state index contributed by atoms with van der Waals surface area (Å²) in [5.41, 5.74) is 11.0. The summed E-state index contributed by atoms with van der Waals surface area (Å²) >= 11 is 1.06. The van der Waals surface area contributed by atoms with E-state index in [0.717, 1.165) is 86.1 Å². The Kier molecular flexibility index (Phi) is 8.32. The van der Waals surface area contributed by atoms with Gasteiger partial charge in [0.05, 0.1) is 11.8 Å². The van der Waals surface area contributed by atoms with Gasteiger partial charge in [-0.05, 0) is 79.3 Å². The van der Waals surface area contributed by atoms with Gasteiger partial charge in [0.15, 0.2) is 0 Å². The molecule has 3 aromatic heterocycles. The van der Waals surface area contributed by atoms with Crippen molar-refractivity contribution in [2.75, 3.05) is 18.4 Å². The number of fused-ring (bicyclic) bond motifs is 2. The average Bonchev–Trinajstić information content (AvgIpc) is 3.65. The van der Waals surface area contributed by atoms with Crippen molar-refractivity contribution in [2.45, 2.75) is 82.3 Å². The van der Waals surface area contributed by atoms with Gasteiger partial charge in [0.2, 0.25) is 5.91 Å². The van der Waals surface area contributed by atoms with E-state index in [-0.39, 0.29) is 27.8 Å². The summed E-state index contributed by atoms with van der Waals surface area (Å²) < 4.78 is 41.1. The number of likely N-dealkylation sites (tertiary alicyclic amines) is 1. The number of thiophene rings is 1. The molecule has 2 aromatic carbocycles. The minimum atomic E-state index is -4.26. The lowest BCUT2D eigenvalue weighted by molar-refractivity contribution is -0.172. The molecule has 5 aromatic rings. The van der Waals surface area contributed by atoms with Gasteiger partial charge in [0, 0.05) is 53.5 Å². The lowest BCUT2D eigenvalue weighted by Crippen LogP contribution is -2.76. The average molecular weight is 713 g/mol. The molecule has 1 saturated heterocycles. The molecule has 0 radical (unpaired) electrons. The molecule has 1 amide bonds. The van der Waals surface area contributed by atoms with E-state index < -0.39 is 18.6 Å². The first-order valence-corrected chi connectivity index (χ1v) is 18.2. The molecule has 3 aliphatic carbocycles. The van der Waals surface area contributed by atoms with Crippen LogP contribution < -0.4 is 16.4 Å². The fourth-order valence-electron chi connectivity index (χ4n) is 8.72. The van der Waals surface area contributed by atoms with E-state index in [2.05, 4.69) is 55.2 Å². The number of nitrogens with zero attached hydrogens (tertiary/aromatic N) is 5. The fraction of sp³-hybridized carbons (Fsp3) is 0.421. The van der Waals surface area contributed by atoms with Crippen LogP contribution in [0, 0.1) is 23.7 Å². The van der Waals surface area contributed by atoms with Crippen molar-refractivity contribution in [1.29, 1.82) is 5.26 Å². The van der Waals surface area contributed by atoms with Crippen molar-refractivity contribution < 1.29 is 18.0 Å². The molecule has 1 unspecified atom stereocenters. The number of hydrogen-bond donors (Lipinski definition) is 3. The van der Waals surface area contributed by atoms with Gasteiger partial charge in [-0.2, -0.15) is 18.4 Å². The molecule has 4 fully saturated rings. The van der Waals surface area contributed by atoms with Crippen molar-refractivity contribution in [3.8, 4) is 6.07 Å². The number of alkyl halides is 3. The van der Waals surface area contributed by atoms with Gasteiger partial charge < -0.3 is 20.9 Å². The topological polar surface area (TPSA) is 125 Å². The van der Waals surface area contributed by atoms with Crippen molar-refractivity contribution >= 4 is 44.2 Å². The first-order valence-electron chi connectivity index (χ1n) is 17.4. The number of nitrogens with two attached hydrogens (primary N) is 1. The maximum absolute atomic E-state index is 13.0. The van der Waals surface area contributed by atoms with Crippen molar-refractivity contribution in [2.24, 2.45) is 11.1 Å². The molecule has 3 saturated carbocycles. The van der Waals surface area contributed by atoms with Crippen LogP contribution in [0.5, 0.6) is 0 Å². The first-order chi connectivity index (χ1) is 24.4. The van der Waals surface area contributed by atoms with Crippen LogP contribution in [0.4, 0.5) is 19.0 Å². The van der Waals surface area contributed by atoms with Crippen molar-refractivity contribution in [3.63, 3.8) is 0 Å². The van der Waals surface area contributed by atoms with E-state index in [9.17, 15) is 23.2 Å². The van der Waals surface area contributed by atoms with Crippen molar-refractivity contribution in [1.82, 2.24) is 24.8 Å². The maximum Gasteiger partial charge on any atom is 0.393 e. The second kappa shape index (κ2) is 12.6. The SMILES string of the molecule is Cc1c(CN2CCC(Nc3ncnc4sc(CC(F)(F)F)cc34)CC2)ccc2c1cc(C#N)n2CC12CC(NC(=O)C(N)c3ccccc3)(C1)C2. The molecule has 0 spiro atoms. The molecule has 51 heavy (non-hydrogen) atoms. The van der Waals surface area contributed by atoms with Gasteiger partial charge in [-0.3, -0.25) is 9.69 Å². The highest BCUT2D eigenvalue weighted by atomic mass is 32.1. The van der Waals surface area contributed by atoms with Crippen LogP contribution in [0.2, 0.25) is 0 Å². The Bertz CT molecular complexity index is 2140. The lowest BCUT2D eigenvalue weighted by atomic mass is 9.39. The predicted octanol–water partition coefficient (Wildman–Crippen LogP) is 6.75. The standard InChI is InChI=1S/C38H39F3N8OS/c1-23-25(17-48-11-9-26(10-12-48)46-33-30-14-28(15-38(39,40)41)51-35(30)45-22-44-33)7-8-31-29(23)13-27(16-42)49(31)21-36-18-37(19-36,20-36)47-34(50)32(43)24-5-3-2-4-6-24/h2-8,13-14,22,26,32H,9-12,15,17-21,43H2,1H3,(H,47,50)(H,44,45,46). The summed E-state index contributed by atoms with van der Waals surface area (Å²) in [6, 6.07) is 19.2. The Balaban J connectivity index is 0.884. The Morgan fingerprint density at radius 3 is 2.55 bits per heavy atom. The molecule has 9 nitrogen and oxygen atoms in total. The zero-order valence-corrected chi connectivity index (χ0v) is 29.1. The second-order valence-electron chi connectivity index (χ2n) is 14.8. The highest BCUT2D eigenvalue weighted by Gasteiger charge is 2.68. The number of aryl methyl sites for hydroxylation is 1. The van der Waals surface area contributed by atoms with Gasteiger partial charge in [0.1, 0.15) is 34.8 Å². The van der Waals surface area contributed by atoms with Gasteiger partial charge in [0.25, 0.3) is 0 Å². The molecule has 9 rings (SSSR count). The van der Waals surface area contributed by atoms with Crippen LogP contribution >= 0.6 is 11.3 Å². The molecule has 1 atom stereocenters. The van der Waals surface area contributed by atoms with E-state index in [1.54, 1.807) is 6.07 Å². The molecule has 4 N–H and O–H groups in total. The summed E-state index contributed by atoms with van der Waals surface area (Å²) in [7, 11) is 0. The first kappa shape index (κ1) is 33.6. The van der Waals surface area contributed by atoms with E-state index in [0.29, 0.717) is 21.7 Å². The minimum absolute atomic E-state index is 0.0684. The number of rotatable bonds is 10. The van der Waals surface area contributed by atoms with E-state index in [4.69, 9.17) is 5.73 Å².